The van der Waals surface area contributed by atoms with Crippen LogP contribution in [0.5, 0.6) is 0 Å². The molecule has 1 aromatic heterocycles. The summed E-state index contributed by atoms with van der Waals surface area (Å²) in [6, 6.07) is 16.3. The summed E-state index contributed by atoms with van der Waals surface area (Å²) < 4.78 is 7.37. The van der Waals surface area contributed by atoms with Crippen molar-refractivity contribution in [3.63, 3.8) is 0 Å². The highest BCUT2D eigenvalue weighted by molar-refractivity contribution is 7.98. The van der Waals surface area contributed by atoms with E-state index in [-0.39, 0.29) is 5.91 Å². The van der Waals surface area contributed by atoms with Crippen molar-refractivity contribution >= 4 is 40.5 Å². The van der Waals surface area contributed by atoms with Crippen LogP contribution in [-0.4, -0.2) is 54.1 Å². The number of rotatable bonds is 5. The molecule has 4 rings (SSSR count). The zero-order valence-electron chi connectivity index (χ0n) is 15.9. The van der Waals surface area contributed by atoms with Crippen LogP contribution in [0.3, 0.4) is 0 Å². The van der Waals surface area contributed by atoms with E-state index in [1.54, 1.807) is 11.8 Å². The first-order chi connectivity index (χ1) is 13.8. The van der Waals surface area contributed by atoms with Crippen molar-refractivity contribution in [3.05, 3.63) is 60.3 Å². The molecule has 5 nitrogen and oxygen atoms in total. The van der Waals surface area contributed by atoms with E-state index in [1.165, 1.54) is 0 Å². The maximum absolute atomic E-state index is 12.7. The largest absolute Gasteiger partial charge is 0.378 e. The number of carbonyl (C=O) groups is 1. The van der Waals surface area contributed by atoms with Gasteiger partial charge in [0.15, 0.2) is 0 Å². The Morgan fingerprint density at radius 3 is 2.71 bits per heavy atom. The Hall–Kier alpha value is -2.57. The maximum atomic E-state index is 12.7. The molecule has 0 unspecified atom stereocenters. The van der Waals surface area contributed by atoms with Crippen LogP contribution in [0.25, 0.3) is 10.9 Å². The van der Waals surface area contributed by atoms with Gasteiger partial charge < -0.3 is 14.2 Å². The second-order valence-corrected chi connectivity index (χ2v) is 7.50. The molecule has 1 saturated heterocycles. The summed E-state index contributed by atoms with van der Waals surface area (Å²) in [5, 5.41) is 1.10. The monoisotopic (exact) mass is 393 g/mol. The molecule has 1 fully saturated rings. The van der Waals surface area contributed by atoms with Gasteiger partial charge >= 0.3 is 0 Å². The van der Waals surface area contributed by atoms with Gasteiger partial charge in [-0.1, -0.05) is 30.3 Å². The summed E-state index contributed by atoms with van der Waals surface area (Å²) >= 11 is 1.68. The van der Waals surface area contributed by atoms with Crippen LogP contribution in [0.4, 0.5) is 5.69 Å². The first kappa shape index (κ1) is 18.8. The fraction of sp³-hybridized carbons (Fsp3) is 0.273. The predicted molar refractivity (Wildman–Crippen MR) is 115 cm³/mol. The Balaban J connectivity index is 1.63. The Morgan fingerprint density at radius 2 is 1.89 bits per heavy atom. The van der Waals surface area contributed by atoms with Gasteiger partial charge in [-0.15, -0.1) is 11.8 Å². The highest BCUT2D eigenvalue weighted by Gasteiger charge is 2.18. The van der Waals surface area contributed by atoms with E-state index >= 15 is 0 Å². The molecular formula is C22H23N3O2S. The Morgan fingerprint density at radius 1 is 1.14 bits per heavy atom. The highest BCUT2D eigenvalue weighted by atomic mass is 32.2. The Labute approximate surface area is 169 Å². The van der Waals surface area contributed by atoms with Gasteiger partial charge in [0.2, 0.25) is 5.91 Å². The normalized spacial score (nSPS) is 14.8. The van der Waals surface area contributed by atoms with Gasteiger partial charge in [-0.05, 0) is 24.5 Å². The van der Waals surface area contributed by atoms with Gasteiger partial charge in [0, 0.05) is 46.9 Å². The number of para-hydroxylation sites is 2. The third kappa shape index (κ3) is 3.98. The number of hydrogen-bond acceptors (Lipinski definition) is 4. The number of nitrogens with zero attached hydrogens (tertiary/aromatic N) is 3. The number of carbonyl (C=O) groups excluding carboxylic acids is 1. The molecule has 0 spiro atoms. The molecule has 0 radical (unpaired) electrons. The molecule has 2 aromatic carbocycles. The SMILES string of the molecule is CSc1ccccc1N=Cc1cn(CC(=O)N2CCOCC2)c2ccccc12. The molecule has 1 aliphatic rings. The summed E-state index contributed by atoms with van der Waals surface area (Å²) in [6.07, 6.45) is 5.97. The average molecular weight is 394 g/mol. The molecule has 3 aromatic rings. The second-order valence-electron chi connectivity index (χ2n) is 6.65. The van der Waals surface area contributed by atoms with E-state index in [0.29, 0.717) is 32.8 Å². The zero-order valence-corrected chi connectivity index (χ0v) is 16.7. The third-order valence-electron chi connectivity index (χ3n) is 4.92. The standard InChI is InChI=1S/C22H23N3O2S/c1-28-21-9-5-3-7-19(21)23-14-17-15-25(20-8-4-2-6-18(17)20)16-22(26)24-10-12-27-13-11-24/h2-9,14-15H,10-13,16H2,1H3. The molecule has 0 bridgehead atoms. The molecule has 28 heavy (non-hydrogen) atoms. The number of fused-ring (bicyclic) bond motifs is 1. The lowest BCUT2D eigenvalue weighted by Crippen LogP contribution is -2.42. The van der Waals surface area contributed by atoms with Gasteiger partial charge in [0.05, 0.1) is 18.9 Å². The van der Waals surface area contributed by atoms with E-state index in [9.17, 15) is 4.79 Å². The number of aromatic nitrogens is 1. The van der Waals surface area contributed by atoms with Crippen molar-refractivity contribution in [2.75, 3.05) is 32.6 Å². The lowest BCUT2D eigenvalue weighted by molar-refractivity contribution is -0.135. The lowest BCUT2D eigenvalue weighted by Gasteiger charge is -2.27. The molecule has 2 heterocycles. The molecular weight excluding hydrogens is 370 g/mol. The summed E-state index contributed by atoms with van der Waals surface area (Å²) in [5.74, 6) is 0.125. The van der Waals surface area contributed by atoms with Crippen LogP contribution in [-0.2, 0) is 16.1 Å². The van der Waals surface area contributed by atoms with Crippen molar-refractivity contribution in [2.24, 2.45) is 4.99 Å². The van der Waals surface area contributed by atoms with Crippen molar-refractivity contribution in [1.29, 1.82) is 0 Å². The number of aliphatic imine (C=N–C) groups is 1. The topological polar surface area (TPSA) is 46.8 Å². The molecule has 0 aliphatic carbocycles. The van der Waals surface area contributed by atoms with Crippen molar-refractivity contribution < 1.29 is 9.53 Å². The summed E-state index contributed by atoms with van der Waals surface area (Å²) in [4.78, 5) is 20.4. The number of amides is 1. The first-order valence-electron chi connectivity index (χ1n) is 9.37. The predicted octanol–water partition coefficient (Wildman–Crippen LogP) is 3.97. The first-order valence-corrected chi connectivity index (χ1v) is 10.6. The van der Waals surface area contributed by atoms with Crippen LogP contribution in [0.2, 0.25) is 0 Å². The number of benzene rings is 2. The molecule has 144 valence electrons. The summed E-state index contributed by atoms with van der Waals surface area (Å²) in [5.41, 5.74) is 3.02. The van der Waals surface area contributed by atoms with E-state index < -0.39 is 0 Å². The smallest absolute Gasteiger partial charge is 0.242 e. The minimum atomic E-state index is 0.125. The van der Waals surface area contributed by atoms with Crippen LogP contribution in [0.1, 0.15) is 5.56 Å². The lowest BCUT2D eigenvalue weighted by atomic mass is 10.2. The van der Waals surface area contributed by atoms with Crippen molar-refractivity contribution in [3.8, 4) is 0 Å². The Kier molecular flexibility index (Phi) is 5.78. The number of hydrogen-bond donors (Lipinski definition) is 0. The van der Waals surface area contributed by atoms with Gasteiger partial charge in [0.25, 0.3) is 0 Å². The molecule has 0 N–H and O–H groups in total. The van der Waals surface area contributed by atoms with Gasteiger partial charge in [-0.25, -0.2) is 0 Å². The van der Waals surface area contributed by atoms with Crippen molar-refractivity contribution in [2.45, 2.75) is 11.4 Å². The van der Waals surface area contributed by atoms with E-state index in [0.717, 1.165) is 27.0 Å². The third-order valence-corrected chi connectivity index (χ3v) is 5.70. The molecule has 0 saturated carbocycles. The molecule has 1 aliphatic heterocycles. The highest BCUT2D eigenvalue weighted by Crippen LogP contribution is 2.28. The van der Waals surface area contributed by atoms with E-state index in [1.807, 2.05) is 52.2 Å². The van der Waals surface area contributed by atoms with Gasteiger partial charge in [0.1, 0.15) is 6.54 Å². The molecule has 0 atom stereocenters. The maximum Gasteiger partial charge on any atom is 0.242 e. The average Bonchev–Trinajstić information content (AvgIpc) is 3.10. The minimum absolute atomic E-state index is 0.125. The van der Waals surface area contributed by atoms with E-state index in [4.69, 9.17) is 9.73 Å². The number of thioether (sulfide) groups is 1. The van der Waals surface area contributed by atoms with Gasteiger partial charge in [-0.3, -0.25) is 9.79 Å². The van der Waals surface area contributed by atoms with Crippen LogP contribution >= 0.6 is 11.8 Å². The van der Waals surface area contributed by atoms with Crippen LogP contribution in [0, 0.1) is 0 Å². The second kappa shape index (κ2) is 8.63. The minimum Gasteiger partial charge on any atom is -0.378 e. The fourth-order valence-electron chi connectivity index (χ4n) is 3.44. The van der Waals surface area contributed by atoms with E-state index in [2.05, 4.69) is 24.5 Å². The Bertz CT molecular complexity index is 1010. The van der Waals surface area contributed by atoms with Crippen LogP contribution < -0.4 is 0 Å². The summed E-state index contributed by atoms with van der Waals surface area (Å²) in [6.45, 7) is 2.89. The van der Waals surface area contributed by atoms with Gasteiger partial charge in [-0.2, -0.15) is 0 Å². The molecule has 6 heteroatoms. The number of ether oxygens (including phenoxy) is 1. The molecule has 1 amide bonds. The zero-order chi connectivity index (χ0) is 19.3. The number of morpholine rings is 1. The van der Waals surface area contributed by atoms with Crippen molar-refractivity contribution in [1.82, 2.24) is 9.47 Å². The summed E-state index contributed by atoms with van der Waals surface area (Å²) in [7, 11) is 0. The van der Waals surface area contributed by atoms with Crippen LogP contribution in [0.15, 0.2) is 64.6 Å². The fourth-order valence-corrected chi connectivity index (χ4v) is 3.99. The quantitative estimate of drug-likeness (QED) is 0.487.